The lowest BCUT2D eigenvalue weighted by Crippen LogP contribution is -2.84. The van der Waals surface area contributed by atoms with E-state index >= 15 is 0 Å². The number of quaternary nitrogens is 1. The van der Waals surface area contributed by atoms with E-state index in [-0.39, 0.29) is 6.10 Å². The Hall–Kier alpha value is -2.58. The lowest BCUT2D eigenvalue weighted by atomic mass is 9.88. The first kappa shape index (κ1) is 20.2. The molecule has 0 amide bonds. The minimum absolute atomic E-state index is 0.199. The molecule has 0 aliphatic carbocycles. The fraction of sp³-hybridized carbons (Fsp3) is 0.308. The van der Waals surface area contributed by atoms with Gasteiger partial charge in [-0.05, 0) is 44.0 Å². The highest BCUT2D eigenvalue weighted by molar-refractivity contribution is 5.36. The van der Waals surface area contributed by atoms with E-state index in [0.717, 1.165) is 18.7 Å². The van der Waals surface area contributed by atoms with Gasteiger partial charge >= 0.3 is 0 Å². The maximum atomic E-state index is 5.81. The summed E-state index contributed by atoms with van der Waals surface area (Å²) in [6, 6.07) is 30.7. The lowest BCUT2D eigenvalue weighted by Gasteiger charge is -2.19. The Morgan fingerprint density at radius 1 is 0.679 bits per heavy atom. The molecule has 2 atom stereocenters. The molecule has 0 aromatic heterocycles. The Labute approximate surface area is 169 Å². The summed E-state index contributed by atoms with van der Waals surface area (Å²) in [6.45, 7) is 7.49. The third-order valence-electron chi connectivity index (χ3n) is 5.16. The molecule has 3 aromatic rings. The van der Waals surface area contributed by atoms with Gasteiger partial charge in [0.1, 0.15) is 11.8 Å². The maximum Gasteiger partial charge on any atom is 0.119 e. The van der Waals surface area contributed by atoms with Gasteiger partial charge in [-0.3, -0.25) is 0 Å². The molecule has 0 unspecified atom stereocenters. The van der Waals surface area contributed by atoms with Crippen LogP contribution < -0.4 is 10.1 Å². The molecule has 3 rings (SSSR count). The molecule has 0 saturated carbocycles. The first-order valence-electron chi connectivity index (χ1n) is 10.3. The largest absolute Gasteiger partial charge is 0.491 e. The second-order valence-electron chi connectivity index (χ2n) is 7.71. The first-order valence-corrected chi connectivity index (χ1v) is 10.3. The van der Waals surface area contributed by atoms with E-state index < -0.39 is 0 Å². The lowest BCUT2D eigenvalue weighted by molar-refractivity contribution is -0.693. The van der Waals surface area contributed by atoms with Gasteiger partial charge in [-0.2, -0.15) is 0 Å². The van der Waals surface area contributed by atoms with Crippen molar-refractivity contribution in [2.24, 2.45) is 0 Å². The zero-order valence-electron chi connectivity index (χ0n) is 17.2. The molecule has 2 nitrogen and oxygen atoms in total. The number of hydrogen-bond acceptors (Lipinski definition) is 1. The molecule has 0 bridgehead atoms. The molecular formula is C26H32NO+. The molecule has 28 heavy (non-hydrogen) atoms. The standard InChI is InChI=1S/C26H31NO/c1-20(2)28-25-16-14-24(15-17-25)26(23-12-8-5-9-13-23)18-19-27-21(3)22-10-6-4-7-11-22/h4-17,20-21,26-27H,18-19H2,1-3H3/p+1/t21-,26-/m1/s1. The van der Waals surface area contributed by atoms with E-state index in [0.29, 0.717) is 12.0 Å². The Morgan fingerprint density at radius 2 is 1.21 bits per heavy atom. The third-order valence-corrected chi connectivity index (χ3v) is 5.16. The van der Waals surface area contributed by atoms with Crippen molar-refractivity contribution < 1.29 is 10.1 Å². The SMILES string of the molecule is CC(C)Oc1ccc([C@H](CC[NH2+][C@H](C)c2ccccc2)c2ccccc2)cc1. The predicted octanol–water partition coefficient (Wildman–Crippen LogP) is 5.32. The number of hydrogen-bond donors (Lipinski definition) is 1. The van der Waals surface area contributed by atoms with Crippen LogP contribution in [0.2, 0.25) is 0 Å². The molecule has 146 valence electrons. The van der Waals surface area contributed by atoms with Crippen LogP contribution >= 0.6 is 0 Å². The molecule has 0 heterocycles. The van der Waals surface area contributed by atoms with Gasteiger partial charge in [0.25, 0.3) is 0 Å². The normalized spacial score (nSPS) is 13.3. The summed E-state index contributed by atoms with van der Waals surface area (Å²) in [6.07, 6.45) is 1.30. The highest BCUT2D eigenvalue weighted by Crippen LogP contribution is 2.29. The van der Waals surface area contributed by atoms with Crippen molar-refractivity contribution in [2.75, 3.05) is 6.54 Å². The number of ether oxygens (including phenoxy) is 1. The smallest absolute Gasteiger partial charge is 0.119 e. The van der Waals surface area contributed by atoms with Crippen molar-refractivity contribution in [3.63, 3.8) is 0 Å². The summed E-state index contributed by atoms with van der Waals surface area (Å²) in [5.74, 6) is 1.34. The predicted molar refractivity (Wildman–Crippen MR) is 117 cm³/mol. The van der Waals surface area contributed by atoms with E-state index in [1.807, 2.05) is 0 Å². The van der Waals surface area contributed by atoms with E-state index in [9.17, 15) is 0 Å². The minimum atomic E-state index is 0.199. The van der Waals surface area contributed by atoms with Gasteiger partial charge in [-0.15, -0.1) is 0 Å². The van der Waals surface area contributed by atoms with Crippen LogP contribution in [0.4, 0.5) is 0 Å². The molecule has 0 aliphatic heterocycles. The van der Waals surface area contributed by atoms with Crippen LogP contribution in [0.3, 0.4) is 0 Å². The van der Waals surface area contributed by atoms with E-state index in [4.69, 9.17) is 4.74 Å². The summed E-state index contributed by atoms with van der Waals surface area (Å²) in [7, 11) is 0. The summed E-state index contributed by atoms with van der Waals surface area (Å²) in [5.41, 5.74) is 4.11. The van der Waals surface area contributed by atoms with Crippen molar-refractivity contribution in [1.82, 2.24) is 0 Å². The minimum Gasteiger partial charge on any atom is -0.491 e. The van der Waals surface area contributed by atoms with Crippen LogP contribution in [0.15, 0.2) is 84.9 Å². The van der Waals surface area contributed by atoms with Crippen LogP contribution in [0.1, 0.15) is 55.8 Å². The number of rotatable bonds is 9. The fourth-order valence-electron chi connectivity index (χ4n) is 3.67. The monoisotopic (exact) mass is 374 g/mol. The van der Waals surface area contributed by atoms with Gasteiger partial charge < -0.3 is 10.1 Å². The molecule has 0 spiro atoms. The van der Waals surface area contributed by atoms with Gasteiger partial charge in [-0.1, -0.05) is 72.8 Å². The van der Waals surface area contributed by atoms with Gasteiger partial charge in [-0.25, -0.2) is 0 Å². The van der Waals surface area contributed by atoms with Crippen molar-refractivity contribution in [2.45, 2.75) is 45.3 Å². The second kappa shape index (κ2) is 10.1. The first-order chi connectivity index (χ1) is 13.6. The quantitative estimate of drug-likeness (QED) is 0.539. The topological polar surface area (TPSA) is 25.8 Å². The van der Waals surface area contributed by atoms with Crippen LogP contribution in [-0.4, -0.2) is 12.6 Å². The van der Waals surface area contributed by atoms with E-state index in [1.54, 1.807) is 0 Å². The van der Waals surface area contributed by atoms with Crippen molar-refractivity contribution in [3.8, 4) is 5.75 Å². The van der Waals surface area contributed by atoms with Crippen LogP contribution in [0.25, 0.3) is 0 Å². The van der Waals surface area contributed by atoms with Gasteiger partial charge in [0.2, 0.25) is 0 Å². The van der Waals surface area contributed by atoms with Crippen molar-refractivity contribution in [3.05, 3.63) is 102 Å². The summed E-state index contributed by atoms with van der Waals surface area (Å²) in [4.78, 5) is 0. The summed E-state index contributed by atoms with van der Waals surface area (Å²) in [5, 5.41) is 2.45. The average molecular weight is 375 g/mol. The number of benzene rings is 3. The molecule has 0 radical (unpaired) electrons. The van der Waals surface area contributed by atoms with E-state index in [1.165, 1.54) is 16.7 Å². The Bertz CT molecular complexity index is 812. The average Bonchev–Trinajstić information content (AvgIpc) is 2.73. The van der Waals surface area contributed by atoms with Crippen LogP contribution in [0, 0.1) is 0 Å². The summed E-state index contributed by atoms with van der Waals surface area (Å²) < 4.78 is 5.81. The molecule has 0 aliphatic rings. The molecule has 2 heteroatoms. The number of nitrogens with two attached hydrogens (primary N) is 1. The molecule has 0 saturated heterocycles. The summed E-state index contributed by atoms with van der Waals surface area (Å²) >= 11 is 0. The fourth-order valence-corrected chi connectivity index (χ4v) is 3.67. The second-order valence-corrected chi connectivity index (χ2v) is 7.71. The van der Waals surface area contributed by atoms with Gasteiger partial charge in [0.05, 0.1) is 12.6 Å². The Balaban J connectivity index is 1.69. The zero-order valence-corrected chi connectivity index (χ0v) is 17.2. The molecule has 2 N–H and O–H groups in total. The molecule has 3 aromatic carbocycles. The Kier molecular flexibility index (Phi) is 7.27. The molecular weight excluding hydrogens is 342 g/mol. The van der Waals surface area contributed by atoms with Crippen molar-refractivity contribution in [1.29, 1.82) is 0 Å². The van der Waals surface area contributed by atoms with E-state index in [2.05, 4.69) is 111 Å². The van der Waals surface area contributed by atoms with Crippen LogP contribution in [0.5, 0.6) is 5.75 Å². The Morgan fingerprint density at radius 3 is 1.79 bits per heavy atom. The highest BCUT2D eigenvalue weighted by Gasteiger charge is 2.16. The maximum absolute atomic E-state index is 5.81. The zero-order chi connectivity index (χ0) is 19.8. The van der Waals surface area contributed by atoms with Crippen molar-refractivity contribution >= 4 is 0 Å². The highest BCUT2D eigenvalue weighted by atomic mass is 16.5. The van der Waals surface area contributed by atoms with Gasteiger partial charge in [0, 0.05) is 17.9 Å². The third kappa shape index (κ3) is 5.71. The van der Waals surface area contributed by atoms with Crippen LogP contribution in [-0.2, 0) is 0 Å². The van der Waals surface area contributed by atoms with Gasteiger partial charge in [0.15, 0.2) is 0 Å². The molecule has 0 fully saturated rings.